The number of aliphatic imine (C=N–C) groups is 1. The van der Waals surface area contributed by atoms with Crippen LogP contribution in [-0.4, -0.2) is 51.5 Å². The zero-order chi connectivity index (χ0) is 20.5. The fourth-order valence-corrected chi connectivity index (χ4v) is 4.62. The van der Waals surface area contributed by atoms with E-state index in [0.29, 0.717) is 45.4 Å². The van der Waals surface area contributed by atoms with Gasteiger partial charge in [0, 0.05) is 19.6 Å². The van der Waals surface area contributed by atoms with Gasteiger partial charge in [-0.05, 0) is 30.2 Å². The highest BCUT2D eigenvalue weighted by Crippen LogP contribution is 2.17. The Morgan fingerprint density at radius 2 is 1.83 bits per heavy atom. The molecule has 1 aliphatic heterocycles. The Hall–Kier alpha value is -1.63. The number of benzene rings is 1. The van der Waals surface area contributed by atoms with Gasteiger partial charge in [-0.1, -0.05) is 24.3 Å². The summed E-state index contributed by atoms with van der Waals surface area (Å²) in [5, 5.41) is 6.41. The van der Waals surface area contributed by atoms with Gasteiger partial charge in [-0.25, -0.2) is 13.4 Å². The number of nitrogens with zero attached hydrogens (tertiary/aromatic N) is 2. The minimum Gasteiger partial charge on any atom is -0.467 e. The molecule has 1 aromatic carbocycles. The number of furan rings is 1. The Bertz CT molecular complexity index is 897. The fraction of sp³-hybridized carbons (Fsp3) is 0.450. The van der Waals surface area contributed by atoms with E-state index in [0.717, 1.165) is 23.4 Å². The van der Waals surface area contributed by atoms with Gasteiger partial charge in [0.1, 0.15) is 5.76 Å². The molecular weight excluding hydrogens is 519 g/mol. The molecule has 1 fully saturated rings. The molecule has 3 rings (SSSR count). The van der Waals surface area contributed by atoms with E-state index in [-0.39, 0.29) is 29.7 Å². The third kappa shape index (κ3) is 7.25. The van der Waals surface area contributed by atoms with Crippen LogP contribution < -0.4 is 10.6 Å². The molecule has 10 heteroatoms. The molecule has 2 aromatic rings. The zero-order valence-electron chi connectivity index (χ0n) is 17.0. The highest BCUT2D eigenvalue weighted by atomic mass is 127. The van der Waals surface area contributed by atoms with E-state index < -0.39 is 10.0 Å². The van der Waals surface area contributed by atoms with Crippen LogP contribution in [0.4, 0.5) is 0 Å². The van der Waals surface area contributed by atoms with Crippen LogP contribution in [0, 0.1) is 0 Å². The predicted octanol–water partition coefficient (Wildman–Crippen LogP) is 2.31. The van der Waals surface area contributed by atoms with E-state index >= 15 is 0 Å². The summed E-state index contributed by atoms with van der Waals surface area (Å²) in [7, 11) is -3.39. The smallest absolute Gasteiger partial charge is 0.218 e. The van der Waals surface area contributed by atoms with Crippen molar-refractivity contribution in [3.05, 3.63) is 59.5 Å². The van der Waals surface area contributed by atoms with Crippen LogP contribution in [0.25, 0.3) is 0 Å². The summed E-state index contributed by atoms with van der Waals surface area (Å²) in [5.74, 6) is 1.43. The lowest BCUT2D eigenvalue weighted by Gasteiger charge is -2.26. The molecule has 0 radical (unpaired) electrons. The number of ether oxygens (including phenoxy) is 1. The van der Waals surface area contributed by atoms with Crippen molar-refractivity contribution in [2.24, 2.45) is 4.99 Å². The van der Waals surface area contributed by atoms with Crippen molar-refractivity contribution >= 4 is 40.0 Å². The van der Waals surface area contributed by atoms with Crippen LogP contribution in [0.15, 0.2) is 52.1 Å². The molecule has 1 saturated heterocycles. The van der Waals surface area contributed by atoms with Crippen molar-refractivity contribution in [3.63, 3.8) is 0 Å². The first-order chi connectivity index (χ1) is 14.1. The van der Waals surface area contributed by atoms with Crippen LogP contribution in [0.2, 0.25) is 0 Å². The quantitative estimate of drug-likeness (QED) is 0.299. The topological polar surface area (TPSA) is 96.2 Å². The molecule has 2 heterocycles. The zero-order valence-corrected chi connectivity index (χ0v) is 20.2. The van der Waals surface area contributed by atoms with Gasteiger partial charge in [0.05, 0.1) is 38.3 Å². The molecule has 0 bridgehead atoms. The molecule has 0 unspecified atom stereocenters. The molecule has 1 aromatic heterocycles. The molecular formula is C20H29IN4O4S. The molecule has 8 nitrogen and oxygen atoms in total. The van der Waals surface area contributed by atoms with Crippen molar-refractivity contribution in [1.82, 2.24) is 14.9 Å². The summed E-state index contributed by atoms with van der Waals surface area (Å²) in [6, 6.07) is 11.3. The maximum atomic E-state index is 12.8. The van der Waals surface area contributed by atoms with E-state index in [2.05, 4.69) is 15.6 Å². The molecule has 0 aliphatic carbocycles. The van der Waals surface area contributed by atoms with E-state index in [4.69, 9.17) is 9.15 Å². The number of morpholine rings is 1. The number of hydrogen-bond acceptors (Lipinski definition) is 5. The van der Waals surface area contributed by atoms with Gasteiger partial charge >= 0.3 is 0 Å². The van der Waals surface area contributed by atoms with Crippen molar-refractivity contribution in [2.75, 3.05) is 32.8 Å². The standard InChI is InChI=1S/C20H28N4O4S.HI/c1-2-21-20(23-15-19-8-5-11-28-19)22-14-17-6-3-4-7-18(17)16-29(25,26)24-9-12-27-13-10-24;/h3-8,11H,2,9-10,12-16H2,1H3,(H2,21,22,23);1H. The first kappa shape index (κ1) is 24.6. The van der Waals surface area contributed by atoms with Gasteiger partial charge in [0.2, 0.25) is 10.0 Å². The summed E-state index contributed by atoms with van der Waals surface area (Å²) < 4.78 is 37.7. The lowest BCUT2D eigenvalue weighted by Crippen LogP contribution is -2.41. The second-order valence-corrected chi connectivity index (χ2v) is 8.63. The number of nitrogens with one attached hydrogen (secondary N) is 2. The van der Waals surface area contributed by atoms with Crippen LogP contribution in [0.5, 0.6) is 0 Å². The van der Waals surface area contributed by atoms with E-state index in [9.17, 15) is 8.42 Å². The molecule has 166 valence electrons. The number of rotatable bonds is 8. The van der Waals surface area contributed by atoms with Gasteiger partial charge in [-0.3, -0.25) is 0 Å². The summed E-state index contributed by atoms with van der Waals surface area (Å²) in [6.07, 6.45) is 1.63. The second-order valence-electron chi connectivity index (χ2n) is 6.66. The number of hydrogen-bond donors (Lipinski definition) is 2. The van der Waals surface area contributed by atoms with Gasteiger partial charge in [0.15, 0.2) is 5.96 Å². The highest BCUT2D eigenvalue weighted by molar-refractivity contribution is 14.0. The number of guanidine groups is 1. The van der Waals surface area contributed by atoms with Crippen molar-refractivity contribution in [3.8, 4) is 0 Å². The van der Waals surface area contributed by atoms with E-state index in [1.165, 1.54) is 4.31 Å². The summed E-state index contributed by atoms with van der Waals surface area (Å²) in [4.78, 5) is 4.61. The van der Waals surface area contributed by atoms with Crippen LogP contribution in [-0.2, 0) is 33.6 Å². The highest BCUT2D eigenvalue weighted by Gasteiger charge is 2.25. The Morgan fingerprint density at radius 1 is 1.10 bits per heavy atom. The maximum Gasteiger partial charge on any atom is 0.218 e. The largest absolute Gasteiger partial charge is 0.467 e. The van der Waals surface area contributed by atoms with E-state index in [1.54, 1.807) is 6.26 Å². The monoisotopic (exact) mass is 548 g/mol. The lowest BCUT2D eigenvalue weighted by molar-refractivity contribution is 0.0729. The third-order valence-corrected chi connectivity index (χ3v) is 6.41. The maximum absolute atomic E-state index is 12.8. The van der Waals surface area contributed by atoms with Gasteiger partial charge < -0.3 is 19.8 Å². The molecule has 0 saturated carbocycles. The SMILES string of the molecule is CCNC(=NCc1ccccc1CS(=O)(=O)N1CCOCC1)NCc1ccco1.I. The van der Waals surface area contributed by atoms with Gasteiger partial charge in [-0.15, -0.1) is 24.0 Å². The molecule has 30 heavy (non-hydrogen) atoms. The minimum atomic E-state index is -3.39. The fourth-order valence-electron chi connectivity index (χ4n) is 3.06. The van der Waals surface area contributed by atoms with Crippen molar-refractivity contribution in [2.45, 2.75) is 25.8 Å². The van der Waals surface area contributed by atoms with Crippen molar-refractivity contribution < 1.29 is 17.6 Å². The Morgan fingerprint density at radius 3 is 2.50 bits per heavy atom. The summed E-state index contributed by atoms with van der Waals surface area (Å²) >= 11 is 0. The number of halogens is 1. The average molecular weight is 548 g/mol. The Labute approximate surface area is 195 Å². The lowest BCUT2D eigenvalue weighted by atomic mass is 10.1. The number of sulfonamides is 1. The van der Waals surface area contributed by atoms with Crippen LogP contribution in [0.1, 0.15) is 23.8 Å². The molecule has 0 amide bonds. The molecule has 0 atom stereocenters. The minimum absolute atomic E-state index is 0. The molecule has 0 spiro atoms. The van der Waals surface area contributed by atoms with Crippen molar-refractivity contribution in [1.29, 1.82) is 0 Å². The van der Waals surface area contributed by atoms with Gasteiger partial charge in [0.25, 0.3) is 0 Å². The predicted molar refractivity (Wildman–Crippen MR) is 127 cm³/mol. The average Bonchev–Trinajstić information content (AvgIpc) is 3.25. The summed E-state index contributed by atoms with van der Waals surface area (Å²) in [6.45, 7) is 5.31. The van der Waals surface area contributed by atoms with Gasteiger partial charge in [-0.2, -0.15) is 4.31 Å². The third-order valence-electron chi connectivity index (χ3n) is 4.58. The Kier molecular flexibility index (Phi) is 10.1. The summed E-state index contributed by atoms with van der Waals surface area (Å²) in [5.41, 5.74) is 1.66. The molecule has 2 N–H and O–H groups in total. The molecule has 1 aliphatic rings. The second kappa shape index (κ2) is 12.3. The van der Waals surface area contributed by atoms with Crippen LogP contribution in [0.3, 0.4) is 0 Å². The normalized spacial score (nSPS) is 15.4. The Balaban J connectivity index is 0.00000320. The van der Waals surface area contributed by atoms with Crippen LogP contribution >= 0.6 is 24.0 Å². The van der Waals surface area contributed by atoms with E-state index in [1.807, 2.05) is 43.3 Å². The first-order valence-electron chi connectivity index (χ1n) is 9.75. The first-order valence-corrected chi connectivity index (χ1v) is 11.4.